The number of quaternary nitrogens is 1. The van der Waals surface area contributed by atoms with Gasteiger partial charge in [0.15, 0.2) is 5.76 Å². The van der Waals surface area contributed by atoms with Crippen molar-refractivity contribution < 1.29 is 14.1 Å². The van der Waals surface area contributed by atoms with Gasteiger partial charge in [-0.25, -0.2) is 4.68 Å². The molecule has 2 heterocycles. The molecule has 0 aliphatic rings. The lowest BCUT2D eigenvalue weighted by Gasteiger charge is -2.18. The molecule has 0 aliphatic carbocycles. The fourth-order valence-corrected chi connectivity index (χ4v) is 3.95. The molecule has 0 aliphatic heterocycles. The summed E-state index contributed by atoms with van der Waals surface area (Å²) in [5, 5.41) is 7.87. The molecule has 2 aromatic heterocycles. The Labute approximate surface area is 185 Å². The van der Waals surface area contributed by atoms with Gasteiger partial charge in [-0.2, -0.15) is 5.10 Å². The van der Waals surface area contributed by atoms with Crippen molar-refractivity contribution in [3.63, 3.8) is 0 Å². The van der Waals surface area contributed by atoms with Crippen molar-refractivity contribution in [3.05, 3.63) is 59.5 Å². The molecule has 1 atom stereocenters. The Kier molecular flexibility index (Phi) is 7.69. The summed E-state index contributed by atoms with van der Waals surface area (Å²) in [6.45, 7) is 14.0. The van der Waals surface area contributed by atoms with Crippen molar-refractivity contribution in [2.24, 2.45) is 0 Å². The summed E-state index contributed by atoms with van der Waals surface area (Å²) in [4.78, 5) is 14.8. The van der Waals surface area contributed by atoms with Gasteiger partial charge in [0.2, 0.25) is 0 Å². The largest absolute Gasteiger partial charge is 0.463 e. The number of rotatable bonds is 10. The highest BCUT2D eigenvalue weighted by Gasteiger charge is 2.21. The standard InChI is InChI=1S/C25H34N4O2/c1-6-28(7-2)14-8-10-20(5)26-25(30)23-17-21(24-11-9-15-31-24)27-29(23)22-13-12-18(3)16-19(22)4/h9,11-13,15-17,20H,6-8,10,14H2,1-5H3,(H,26,30)/p+1/t20-/m0/s1. The minimum atomic E-state index is -0.118. The van der Waals surface area contributed by atoms with Crippen molar-refractivity contribution in [3.8, 4) is 17.1 Å². The maximum Gasteiger partial charge on any atom is 0.270 e. The predicted molar refractivity (Wildman–Crippen MR) is 124 cm³/mol. The first-order chi connectivity index (χ1) is 14.9. The zero-order valence-electron chi connectivity index (χ0n) is 19.4. The minimum absolute atomic E-state index is 0.0944. The first-order valence-electron chi connectivity index (χ1n) is 11.3. The van der Waals surface area contributed by atoms with Gasteiger partial charge < -0.3 is 14.6 Å². The zero-order valence-corrected chi connectivity index (χ0v) is 19.4. The summed E-state index contributed by atoms with van der Waals surface area (Å²) in [7, 11) is 0. The number of hydrogen-bond acceptors (Lipinski definition) is 3. The molecule has 1 amide bonds. The number of benzene rings is 1. The lowest BCUT2D eigenvalue weighted by atomic mass is 10.1. The maximum atomic E-state index is 13.2. The predicted octanol–water partition coefficient (Wildman–Crippen LogP) is 3.57. The van der Waals surface area contributed by atoms with Crippen molar-refractivity contribution >= 4 is 5.91 Å². The number of nitrogens with one attached hydrogen (secondary N) is 2. The van der Waals surface area contributed by atoms with Gasteiger partial charge in [-0.1, -0.05) is 17.7 Å². The Bertz CT molecular complexity index is 987. The number of hydrogen-bond donors (Lipinski definition) is 2. The van der Waals surface area contributed by atoms with E-state index in [-0.39, 0.29) is 11.9 Å². The van der Waals surface area contributed by atoms with Crippen LogP contribution in [0.3, 0.4) is 0 Å². The summed E-state index contributed by atoms with van der Waals surface area (Å²) in [6, 6.07) is 11.7. The van der Waals surface area contributed by atoms with Crippen LogP contribution in [0.4, 0.5) is 0 Å². The van der Waals surface area contributed by atoms with Crippen LogP contribution < -0.4 is 10.2 Å². The fourth-order valence-electron chi connectivity index (χ4n) is 3.95. The molecule has 1 aromatic carbocycles. The van der Waals surface area contributed by atoms with Crippen LogP contribution in [0.15, 0.2) is 47.1 Å². The molecule has 6 nitrogen and oxygen atoms in total. The minimum Gasteiger partial charge on any atom is -0.463 e. The van der Waals surface area contributed by atoms with E-state index >= 15 is 0 Å². The monoisotopic (exact) mass is 423 g/mol. The third-order valence-electron chi connectivity index (χ3n) is 5.84. The molecular formula is C25H35N4O2+. The van der Waals surface area contributed by atoms with E-state index in [9.17, 15) is 4.79 Å². The number of aryl methyl sites for hydroxylation is 2. The second-order valence-corrected chi connectivity index (χ2v) is 8.32. The maximum absolute atomic E-state index is 13.2. The molecule has 0 bridgehead atoms. The Morgan fingerprint density at radius 3 is 2.61 bits per heavy atom. The first kappa shape index (κ1) is 22.8. The van der Waals surface area contributed by atoms with E-state index < -0.39 is 0 Å². The highest BCUT2D eigenvalue weighted by atomic mass is 16.3. The van der Waals surface area contributed by atoms with Crippen LogP contribution in [0.25, 0.3) is 17.1 Å². The van der Waals surface area contributed by atoms with Crippen molar-refractivity contribution in [1.82, 2.24) is 15.1 Å². The quantitative estimate of drug-likeness (QED) is 0.524. The molecule has 6 heteroatoms. The van der Waals surface area contributed by atoms with E-state index in [1.165, 1.54) is 5.56 Å². The Balaban J connectivity index is 1.81. The highest BCUT2D eigenvalue weighted by molar-refractivity contribution is 5.94. The first-order valence-corrected chi connectivity index (χ1v) is 11.3. The third-order valence-corrected chi connectivity index (χ3v) is 5.84. The second kappa shape index (κ2) is 10.4. The van der Waals surface area contributed by atoms with Crippen LogP contribution >= 0.6 is 0 Å². The summed E-state index contributed by atoms with van der Waals surface area (Å²) in [5.41, 5.74) is 4.30. The van der Waals surface area contributed by atoms with E-state index in [1.54, 1.807) is 21.9 Å². The van der Waals surface area contributed by atoms with Gasteiger partial charge in [-0.05, 0) is 71.2 Å². The lowest BCUT2D eigenvalue weighted by Crippen LogP contribution is -3.11. The number of nitrogens with zero attached hydrogens (tertiary/aromatic N) is 2. The van der Waals surface area contributed by atoms with E-state index in [0.29, 0.717) is 17.1 Å². The number of amides is 1. The summed E-state index contributed by atoms with van der Waals surface area (Å²) in [5.74, 6) is 0.528. The Morgan fingerprint density at radius 1 is 1.19 bits per heavy atom. The van der Waals surface area contributed by atoms with Gasteiger partial charge in [0.05, 0.1) is 31.6 Å². The van der Waals surface area contributed by atoms with Crippen LogP contribution in [0, 0.1) is 13.8 Å². The molecule has 3 rings (SSSR count). The summed E-state index contributed by atoms with van der Waals surface area (Å²) < 4.78 is 7.25. The van der Waals surface area contributed by atoms with Crippen LogP contribution in [-0.2, 0) is 0 Å². The summed E-state index contributed by atoms with van der Waals surface area (Å²) in [6.07, 6.45) is 3.66. The van der Waals surface area contributed by atoms with Gasteiger partial charge in [-0.3, -0.25) is 4.79 Å². The fraction of sp³-hybridized carbons (Fsp3) is 0.440. The van der Waals surface area contributed by atoms with Gasteiger partial charge in [0, 0.05) is 12.1 Å². The van der Waals surface area contributed by atoms with Gasteiger partial charge in [-0.15, -0.1) is 0 Å². The number of carbonyl (C=O) groups is 1. The lowest BCUT2D eigenvalue weighted by molar-refractivity contribution is -0.896. The molecule has 0 saturated heterocycles. The molecule has 0 spiro atoms. The summed E-state index contributed by atoms with van der Waals surface area (Å²) >= 11 is 0. The molecular weight excluding hydrogens is 388 g/mol. The van der Waals surface area contributed by atoms with E-state index in [1.807, 2.05) is 31.2 Å². The van der Waals surface area contributed by atoms with Crippen molar-refractivity contribution in [2.75, 3.05) is 19.6 Å². The number of furan rings is 1. The number of carbonyl (C=O) groups excluding carboxylic acids is 1. The Morgan fingerprint density at radius 2 is 1.97 bits per heavy atom. The molecule has 0 unspecified atom stereocenters. The highest BCUT2D eigenvalue weighted by Crippen LogP contribution is 2.24. The van der Waals surface area contributed by atoms with E-state index in [4.69, 9.17) is 9.52 Å². The topological polar surface area (TPSA) is 64.5 Å². The van der Waals surface area contributed by atoms with Crippen LogP contribution in [0.5, 0.6) is 0 Å². The van der Waals surface area contributed by atoms with Gasteiger partial charge >= 0.3 is 0 Å². The zero-order chi connectivity index (χ0) is 22.4. The molecule has 166 valence electrons. The average molecular weight is 424 g/mol. The van der Waals surface area contributed by atoms with Crippen LogP contribution in [0.2, 0.25) is 0 Å². The second-order valence-electron chi connectivity index (χ2n) is 8.32. The molecule has 0 saturated carbocycles. The molecule has 0 radical (unpaired) electrons. The Hall–Kier alpha value is -2.86. The van der Waals surface area contributed by atoms with Gasteiger partial charge in [0.1, 0.15) is 11.4 Å². The van der Waals surface area contributed by atoms with Crippen molar-refractivity contribution in [2.45, 2.75) is 53.5 Å². The molecule has 31 heavy (non-hydrogen) atoms. The van der Waals surface area contributed by atoms with Crippen LogP contribution in [0.1, 0.15) is 55.2 Å². The van der Waals surface area contributed by atoms with Crippen LogP contribution in [-0.4, -0.2) is 41.4 Å². The third kappa shape index (κ3) is 5.64. The molecule has 3 aromatic rings. The number of aromatic nitrogens is 2. The molecule has 2 N–H and O–H groups in total. The van der Waals surface area contributed by atoms with Gasteiger partial charge in [0.25, 0.3) is 5.91 Å². The smallest absolute Gasteiger partial charge is 0.270 e. The van der Waals surface area contributed by atoms with E-state index in [0.717, 1.165) is 43.7 Å². The van der Waals surface area contributed by atoms with Crippen molar-refractivity contribution in [1.29, 1.82) is 0 Å². The normalized spacial score (nSPS) is 12.3. The van der Waals surface area contributed by atoms with E-state index in [2.05, 4.69) is 39.1 Å². The molecule has 0 fully saturated rings. The average Bonchev–Trinajstić information content (AvgIpc) is 3.41. The SMILES string of the molecule is CC[NH+](CC)CCC[C@H](C)NC(=O)c1cc(-c2ccco2)nn1-c1ccc(C)cc1C.